The Morgan fingerprint density at radius 3 is 1.21 bits per heavy atom. The normalized spacial score (nSPS) is 27.1. The summed E-state index contributed by atoms with van der Waals surface area (Å²) in [5.41, 5.74) is 0. The fraction of sp³-hybridized carbons (Fsp3) is 1.00. The van der Waals surface area contributed by atoms with Crippen LogP contribution in [0.3, 0.4) is 0 Å². The zero-order chi connectivity index (χ0) is 9.64. The van der Waals surface area contributed by atoms with Crippen LogP contribution in [0.5, 0.6) is 0 Å². The molecule has 0 radical (unpaired) electrons. The number of rotatable bonds is 2. The molecule has 80 valence electrons. The van der Waals surface area contributed by atoms with E-state index in [1.54, 1.807) is 0 Å². The van der Waals surface area contributed by atoms with Crippen LogP contribution in [0.1, 0.15) is 64.2 Å². The molecule has 0 unspecified atom stereocenters. The largest absolute Gasteiger partial charge is 0.191 e. The summed E-state index contributed by atoms with van der Waals surface area (Å²) < 4.78 is 0. The highest BCUT2D eigenvalue weighted by molar-refractivity contribution is 4.73. The molecule has 0 aromatic rings. The zero-order valence-electron chi connectivity index (χ0n) is 9.12. The topological polar surface area (TPSA) is 24.7 Å². The van der Waals surface area contributed by atoms with Crippen molar-refractivity contribution in [1.29, 1.82) is 0 Å². The van der Waals surface area contributed by atoms with Gasteiger partial charge in [-0.2, -0.15) is 10.2 Å². The molecule has 0 aromatic heterocycles. The van der Waals surface area contributed by atoms with Gasteiger partial charge in [-0.25, -0.2) is 0 Å². The third-order valence-corrected chi connectivity index (χ3v) is 3.54. The Kier molecular flexibility index (Phi) is 3.96. The van der Waals surface area contributed by atoms with Gasteiger partial charge >= 0.3 is 0 Å². The van der Waals surface area contributed by atoms with Crippen molar-refractivity contribution < 1.29 is 0 Å². The molecule has 0 N–H and O–H groups in total. The summed E-state index contributed by atoms with van der Waals surface area (Å²) >= 11 is 0. The van der Waals surface area contributed by atoms with Gasteiger partial charge in [-0.15, -0.1) is 0 Å². The van der Waals surface area contributed by atoms with Gasteiger partial charge in [0.15, 0.2) is 0 Å². The van der Waals surface area contributed by atoms with Crippen LogP contribution in [0.2, 0.25) is 0 Å². The average Bonchev–Trinajstić information content (AvgIpc) is 2.29. The first-order chi connectivity index (χ1) is 6.95. The predicted octanol–water partition coefficient (Wildman–Crippen LogP) is 4.10. The van der Waals surface area contributed by atoms with Crippen molar-refractivity contribution in [3.05, 3.63) is 0 Å². The molecule has 0 heterocycles. The van der Waals surface area contributed by atoms with Crippen molar-refractivity contribution in [2.45, 2.75) is 76.3 Å². The molecule has 2 rings (SSSR count). The van der Waals surface area contributed by atoms with Crippen LogP contribution >= 0.6 is 0 Å². The van der Waals surface area contributed by atoms with Crippen molar-refractivity contribution in [3.8, 4) is 0 Å². The lowest BCUT2D eigenvalue weighted by atomic mass is 9.95. The summed E-state index contributed by atoms with van der Waals surface area (Å²) in [6.07, 6.45) is 13.5. The first-order valence-corrected chi connectivity index (χ1v) is 6.35. The molecule has 0 amide bonds. The van der Waals surface area contributed by atoms with E-state index in [1.165, 1.54) is 64.2 Å². The summed E-state index contributed by atoms with van der Waals surface area (Å²) in [5, 5.41) is 9.06. The van der Waals surface area contributed by atoms with E-state index in [9.17, 15) is 0 Å². The Labute approximate surface area is 87.2 Å². The Balaban J connectivity index is 1.73. The molecule has 0 spiro atoms. The molecule has 14 heavy (non-hydrogen) atoms. The number of nitrogens with zero attached hydrogens (tertiary/aromatic N) is 2. The lowest BCUT2D eigenvalue weighted by Gasteiger charge is -2.19. The van der Waals surface area contributed by atoms with Gasteiger partial charge in [0.1, 0.15) is 0 Å². The maximum Gasteiger partial charge on any atom is 0.0708 e. The predicted molar refractivity (Wildman–Crippen MR) is 58.6 cm³/mol. The first-order valence-electron chi connectivity index (χ1n) is 6.35. The molecule has 2 nitrogen and oxygen atoms in total. The maximum atomic E-state index is 4.53. The van der Waals surface area contributed by atoms with Gasteiger partial charge in [0.05, 0.1) is 12.1 Å². The van der Waals surface area contributed by atoms with Gasteiger partial charge < -0.3 is 0 Å². The van der Waals surface area contributed by atoms with Crippen molar-refractivity contribution in [2.24, 2.45) is 10.2 Å². The molecule has 2 aliphatic rings. The second-order valence-corrected chi connectivity index (χ2v) is 4.81. The SMILES string of the molecule is C1CCC(/N=N/C2CCCCC2)CC1. The Morgan fingerprint density at radius 1 is 0.500 bits per heavy atom. The van der Waals surface area contributed by atoms with Gasteiger partial charge in [-0.1, -0.05) is 38.5 Å². The molecule has 2 fully saturated rings. The Hall–Kier alpha value is -0.400. The molecule has 0 bridgehead atoms. The number of hydrogen-bond acceptors (Lipinski definition) is 2. The Morgan fingerprint density at radius 2 is 0.857 bits per heavy atom. The second-order valence-electron chi connectivity index (χ2n) is 4.81. The van der Waals surface area contributed by atoms with Crippen molar-refractivity contribution in [3.63, 3.8) is 0 Å². The van der Waals surface area contributed by atoms with E-state index in [-0.39, 0.29) is 0 Å². The lowest BCUT2D eigenvalue weighted by molar-refractivity contribution is 0.390. The van der Waals surface area contributed by atoms with Crippen LogP contribution in [-0.4, -0.2) is 12.1 Å². The summed E-state index contributed by atoms with van der Waals surface area (Å²) in [4.78, 5) is 0. The van der Waals surface area contributed by atoms with E-state index < -0.39 is 0 Å². The van der Waals surface area contributed by atoms with Crippen LogP contribution in [0.4, 0.5) is 0 Å². The molecule has 2 saturated carbocycles. The summed E-state index contributed by atoms with van der Waals surface area (Å²) in [6.45, 7) is 0. The monoisotopic (exact) mass is 194 g/mol. The molecule has 2 aliphatic carbocycles. The number of hydrogen-bond donors (Lipinski definition) is 0. The van der Waals surface area contributed by atoms with E-state index in [0.717, 1.165) is 0 Å². The van der Waals surface area contributed by atoms with Crippen molar-refractivity contribution in [2.75, 3.05) is 0 Å². The molecule has 0 aliphatic heterocycles. The summed E-state index contributed by atoms with van der Waals surface area (Å²) in [7, 11) is 0. The molecule has 2 heteroatoms. The lowest BCUT2D eigenvalue weighted by Crippen LogP contribution is -2.12. The summed E-state index contributed by atoms with van der Waals surface area (Å²) in [6, 6.07) is 1.15. The van der Waals surface area contributed by atoms with Crippen LogP contribution in [0.15, 0.2) is 10.2 Å². The minimum Gasteiger partial charge on any atom is -0.191 e. The van der Waals surface area contributed by atoms with Crippen molar-refractivity contribution in [1.82, 2.24) is 0 Å². The van der Waals surface area contributed by atoms with E-state index in [2.05, 4.69) is 10.2 Å². The van der Waals surface area contributed by atoms with Crippen LogP contribution in [0, 0.1) is 0 Å². The summed E-state index contributed by atoms with van der Waals surface area (Å²) in [5.74, 6) is 0. The Bertz CT molecular complexity index is 157. The van der Waals surface area contributed by atoms with Crippen LogP contribution in [0.25, 0.3) is 0 Å². The molecule has 0 saturated heterocycles. The van der Waals surface area contributed by atoms with Crippen molar-refractivity contribution >= 4 is 0 Å². The quantitative estimate of drug-likeness (QED) is 0.591. The average molecular weight is 194 g/mol. The van der Waals surface area contributed by atoms with E-state index >= 15 is 0 Å². The van der Waals surface area contributed by atoms with Gasteiger partial charge in [0.25, 0.3) is 0 Å². The minimum absolute atomic E-state index is 0.575. The van der Waals surface area contributed by atoms with Gasteiger partial charge in [0, 0.05) is 0 Å². The zero-order valence-corrected chi connectivity index (χ0v) is 9.12. The third-order valence-electron chi connectivity index (χ3n) is 3.54. The van der Waals surface area contributed by atoms with Gasteiger partial charge in [-0.05, 0) is 25.7 Å². The highest BCUT2D eigenvalue weighted by atomic mass is 15.1. The third kappa shape index (κ3) is 3.07. The van der Waals surface area contributed by atoms with Gasteiger partial charge in [0.2, 0.25) is 0 Å². The molecule has 0 atom stereocenters. The highest BCUT2D eigenvalue weighted by Crippen LogP contribution is 2.24. The standard InChI is InChI=1S/C12H22N2/c1-3-7-11(8-4-1)13-14-12-9-5-2-6-10-12/h11-12H,1-10H2/b14-13+. The van der Waals surface area contributed by atoms with Gasteiger partial charge in [-0.3, -0.25) is 0 Å². The smallest absolute Gasteiger partial charge is 0.0708 e. The van der Waals surface area contributed by atoms with E-state index in [0.29, 0.717) is 12.1 Å². The van der Waals surface area contributed by atoms with E-state index in [4.69, 9.17) is 0 Å². The second kappa shape index (κ2) is 5.47. The number of azo groups is 1. The molecular formula is C12H22N2. The van der Waals surface area contributed by atoms with Crippen LogP contribution < -0.4 is 0 Å². The molecule has 0 aromatic carbocycles. The minimum atomic E-state index is 0.575. The first kappa shape index (κ1) is 10.1. The van der Waals surface area contributed by atoms with E-state index in [1.807, 2.05) is 0 Å². The highest BCUT2D eigenvalue weighted by Gasteiger charge is 2.15. The fourth-order valence-electron chi connectivity index (χ4n) is 2.58. The fourth-order valence-corrected chi connectivity index (χ4v) is 2.58. The maximum absolute atomic E-state index is 4.53. The van der Waals surface area contributed by atoms with Crippen LogP contribution in [-0.2, 0) is 0 Å². The molecular weight excluding hydrogens is 172 g/mol.